The third-order valence-corrected chi connectivity index (χ3v) is 4.53. The molecular formula is C14H20N4O4. The van der Waals surface area contributed by atoms with Crippen molar-refractivity contribution in [3.8, 4) is 0 Å². The van der Waals surface area contributed by atoms with Gasteiger partial charge >= 0.3 is 17.3 Å². The minimum Gasteiger partial charge on any atom is -0.464 e. The largest absolute Gasteiger partial charge is 0.464 e. The van der Waals surface area contributed by atoms with E-state index in [0.717, 1.165) is 4.57 Å². The first-order valence-electron chi connectivity index (χ1n) is 7.11. The zero-order chi connectivity index (χ0) is 16.4. The first kappa shape index (κ1) is 14.7. The summed E-state index contributed by atoms with van der Waals surface area (Å²) >= 11 is 0. The Morgan fingerprint density at radius 2 is 1.86 bits per heavy atom. The van der Waals surface area contributed by atoms with E-state index in [4.69, 9.17) is 4.74 Å². The highest BCUT2D eigenvalue weighted by molar-refractivity contribution is 5.91. The van der Waals surface area contributed by atoms with Crippen molar-refractivity contribution < 1.29 is 9.53 Å². The van der Waals surface area contributed by atoms with Crippen molar-refractivity contribution in [2.24, 2.45) is 12.5 Å². The molecule has 8 heteroatoms. The normalized spacial score (nSPS) is 25.5. The standard InChI is InChI=1S/C14H20N4O4/c1-13(2)7-14(3)16(8-13)9(10(19)22-5)6-17-11(20)15(4)12(21)18(14)17/h6H,7-8H2,1-5H3. The molecule has 8 nitrogen and oxygen atoms in total. The van der Waals surface area contributed by atoms with E-state index < -0.39 is 23.0 Å². The maximum absolute atomic E-state index is 12.5. The van der Waals surface area contributed by atoms with Crippen LogP contribution >= 0.6 is 0 Å². The van der Waals surface area contributed by atoms with Crippen molar-refractivity contribution >= 4 is 12.2 Å². The highest BCUT2D eigenvalue weighted by Crippen LogP contribution is 2.47. The van der Waals surface area contributed by atoms with Crippen molar-refractivity contribution in [2.75, 3.05) is 13.7 Å². The summed E-state index contributed by atoms with van der Waals surface area (Å²) in [6, 6.07) is 0. The maximum Gasteiger partial charge on any atom is 0.356 e. The predicted molar refractivity (Wildman–Crippen MR) is 79.0 cm³/mol. The molecule has 0 spiro atoms. The van der Waals surface area contributed by atoms with Crippen LogP contribution < -0.4 is 11.4 Å². The van der Waals surface area contributed by atoms with Crippen molar-refractivity contribution in [3.63, 3.8) is 0 Å². The number of ether oxygens (including phenoxy) is 1. The van der Waals surface area contributed by atoms with Crippen LogP contribution in [0, 0.1) is 5.41 Å². The van der Waals surface area contributed by atoms with Crippen LogP contribution in [0.4, 0.5) is 0 Å². The number of carbonyl (C=O) groups excluding carboxylic acids is 1. The Morgan fingerprint density at radius 1 is 1.23 bits per heavy atom. The zero-order valence-electron chi connectivity index (χ0n) is 13.4. The lowest BCUT2D eigenvalue weighted by Crippen LogP contribution is -2.54. The van der Waals surface area contributed by atoms with Crippen LogP contribution in [-0.4, -0.2) is 38.5 Å². The molecule has 2 aliphatic rings. The molecule has 1 saturated heterocycles. The van der Waals surface area contributed by atoms with Gasteiger partial charge in [-0.3, -0.25) is 0 Å². The van der Waals surface area contributed by atoms with Crippen LogP contribution in [0.5, 0.6) is 0 Å². The van der Waals surface area contributed by atoms with E-state index in [-0.39, 0.29) is 5.41 Å². The maximum atomic E-state index is 12.5. The van der Waals surface area contributed by atoms with E-state index in [0.29, 0.717) is 18.7 Å². The van der Waals surface area contributed by atoms with Gasteiger partial charge in [0.05, 0.1) is 13.3 Å². The van der Waals surface area contributed by atoms with Crippen LogP contribution in [0.25, 0.3) is 6.20 Å². The van der Waals surface area contributed by atoms with Crippen LogP contribution in [0.15, 0.2) is 15.3 Å². The number of rotatable bonds is 1. The summed E-state index contributed by atoms with van der Waals surface area (Å²) in [4.78, 5) is 38.7. The molecule has 0 radical (unpaired) electrons. The molecule has 3 heterocycles. The summed E-state index contributed by atoms with van der Waals surface area (Å²) in [6.45, 7) is 6.61. The molecule has 120 valence electrons. The molecule has 1 atom stereocenters. The molecule has 0 aliphatic carbocycles. The first-order valence-corrected chi connectivity index (χ1v) is 7.11. The number of methoxy groups -OCH3 is 1. The van der Waals surface area contributed by atoms with E-state index in [1.54, 1.807) is 0 Å². The molecule has 1 unspecified atom stereocenters. The lowest BCUT2D eigenvalue weighted by molar-refractivity contribution is -0.139. The summed E-state index contributed by atoms with van der Waals surface area (Å²) in [5.74, 6) is -0.515. The second-order valence-electron chi connectivity index (χ2n) is 6.93. The van der Waals surface area contributed by atoms with Gasteiger partial charge in [-0.2, -0.15) is 0 Å². The third-order valence-electron chi connectivity index (χ3n) is 4.53. The molecule has 1 aromatic heterocycles. The molecule has 0 N–H and O–H groups in total. The summed E-state index contributed by atoms with van der Waals surface area (Å²) in [7, 11) is 2.74. The molecule has 0 bridgehead atoms. The fourth-order valence-corrected chi connectivity index (χ4v) is 3.75. The van der Waals surface area contributed by atoms with E-state index >= 15 is 0 Å². The van der Waals surface area contributed by atoms with Crippen molar-refractivity contribution in [3.05, 3.63) is 26.7 Å². The molecule has 22 heavy (non-hydrogen) atoms. The Bertz CT molecular complexity index is 810. The fourth-order valence-electron chi connectivity index (χ4n) is 3.75. The number of aromatic nitrogens is 3. The highest BCUT2D eigenvalue weighted by Gasteiger charge is 2.53. The molecule has 1 aromatic rings. The van der Waals surface area contributed by atoms with Crippen LogP contribution in [0.3, 0.4) is 0 Å². The highest BCUT2D eigenvalue weighted by atomic mass is 16.5. The number of esters is 1. The van der Waals surface area contributed by atoms with E-state index in [9.17, 15) is 14.4 Å². The van der Waals surface area contributed by atoms with Gasteiger partial charge in [-0.1, -0.05) is 13.8 Å². The lowest BCUT2D eigenvalue weighted by Gasteiger charge is -2.40. The molecule has 0 amide bonds. The second kappa shape index (κ2) is 4.15. The van der Waals surface area contributed by atoms with Gasteiger partial charge in [0.25, 0.3) is 0 Å². The predicted octanol–water partition coefficient (Wildman–Crippen LogP) is -0.262. The van der Waals surface area contributed by atoms with Crippen molar-refractivity contribution in [1.29, 1.82) is 0 Å². The third kappa shape index (κ3) is 1.66. The van der Waals surface area contributed by atoms with Crippen molar-refractivity contribution in [1.82, 2.24) is 18.8 Å². The SMILES string of the molecule is COC(=O)C1=Cn2c(=O)n(C)c(=O)n2C2(C)CC(C)(C)CN12. The second-order valence-corrected chi connectivity index (χ2v) is 6.93. The average Bonchev–Trinajstić information content (AvgIpc) is 2.82. The van der Waals surface area contributed by atoms with Crippen LogP contribution in [0.2, 0.25) is 0 Å². The molecule has 0 aromatic carbocycles. The topological polar surface area (TPSA) is 78.5 Å². The van der Waals surface area contributed by atoms with E-state index in [1.165, 1.54) is 29.7 Å². The van der Waals surface area contributed by atoms with E-state index in [2.05, 4.69) is 13.8 Å². The van der Waals surface area contributed by atoms with Crippen molar-refractivity contribution in [2.45, 2.75) is 32.9 Å². The Kier molecular flexibility index (Phi) is 2.77. The average molecular weight is 308 g/mol. The number of hydrogen-bond acceptors (Lipinski definition) is 5. The monoisotopic (exact) mass is 308 g/mol. The Labute approximate surface area is 127 Å². The van der Waals surface area contributed by atoms with Gasteiger partial charge in [0.2, 0.25) is 0 Å². The minimum atomic E-state index is -0.778. The first-order chi connectivity index (χ1) is 10.1. The van der Waals surface area contributed by atoms with Gasteiger partial charge in [0, 0.05) is 13.6 Å². The molecule has 0 saturated carbocycles. The number of carbonyl (C=O) groups is 1. The quantitative estimate of drug-likeness (QED) is 0.668. The summed E-state index contributed by atoms with van der Waals surface area (Å²) in [6.07, 6.45) is 2.02. The lowest BCUT2D eigenvalue weighted by atomic mass is 9.89. The molecule has 1 fully saturated rings. The number of hydrogen-bond donors (Lipinski definition) is 0. The van der Waals surface area contributed by atoms with Crippen LogP contribution in [0.1, 0.15) is 27.2 Å². The summed E-state index contributed by atoms with van der Waals surface area (Å²) < 4.78 is 8.53. The smallest absolute Gasteiger partial charge is 0.356 e. The zero-order valence-corrected chi connectivity index (χ0v) is 13.4. The van der Waals surface area contributed by atoms with Gasteiger partial charge in [0.1, 0.15) is 11.4 Å². The van der Waals surface area contributed by atoms with Gasteiger partial charge in [0.15, 0.2) is 0 Å². The Morgan fingerprint density at radius 3 is 2.45 bits per heavy atom. The number of fused-ring (bicyclic) bond motifs is 3. The fraction of sp³-hybridized carbons (Fsp3) is 0.643. The van der Waals surface area contributed by atoms with Gasteiger partial charge < -0.3 is 9.64 Å². The van der Waals surface area contributed by atoms with E-state index in [1.807, 2.05) is 11.8 Å². The summed E-state index contributed by atoms with van der Waals surface area (Å²) in [5.41, 5.74) is -1.46. The number of nitrogens with zero attached hydrogens (tertiary/aromatic N) is 4. The molecule has 3 rings (SSSR count). The Balaban J connectivity index is 2.36. The van der Waals surface area contributed by atoms with Crippen LogP contribution in [-0.2, 0) is 22.2 Å². The molecular weight excluding hydrogens is 288 g/mol. The van der Waals surface area contributed by atoms with Gasteiger partial charge in [-0.05, 0) is 18.8 Å². The van der Waals surface area contributed by atoms with Gasteiger partial charge in [-0.15, -0.1) is 0 Å². The Hall–Kier alpha value is -2.25. The van der Waals surface area contributed by atoms with Gasteiger partial charge in [-0.25, -0.2) is 28.3 Å². The minimum absolute atomic E-state index is 0.109. The summed E-state index contributed by atoms with van der Waals surface area (Å²) in [5, 5.41) is 0. The molecule has 2 aliphatic heterocycles.